The largest absolute Gasteiger partial charge is 0.444 e. The molecule has 2 aromatic carbocycles. The molecule has 0 bridgehead atoms. The first kappa shape index (κ1) is 23.6. The summed E-state index contributed by atoms with van der Waals surface area (Å²) in [4.78, 5) is 8.91. The molecule has 6 nitrogen and oxygen atoms in total. The highest BCUT2D eigenvalue weighted by atomic mass is 127. The van der Waals surface area contributed by atoms with Gasteiger partial charge in [0.15, 0.2) is 5.96 Å². The van der Waals surface area contributed by atoms with Crippen LogP contribution in [0.25, 0.3) is 11.5 Å². The second kappa shape index (κ2) is 12.1. The minimum atomic E-state index is -2.88. The molecule has 3 aromatic rings. The van der Waals surface area contributed by atoms with Gasteiger partial charge in [0, 0.05) is 17.7 Å². The van der Waals surface area contributed by atoms with Gasteiger partial charge in [-0.3, -0.25) is 0 Å². The maximum Gasteiger partial charge on any atom is 0.387 e. The van der Waals surface area contributed by atoms with Gasteiger partial charge in [0.1, 0.15) is 12.0 Å². The molecule has 1 aromatic heterocycles. The molecular formula is C21H23F2IN4O2. The Morgan fingerprint density at radius 2 is 1.83 bits per heavy atom. The van der Waals surface area contributed by atoms with E-state index >= 15 is 0 Å². The standard InChI is InChI=1S/C21H22F2N4O2.HI/c1-2-24-21(25-12-16-10-6-7-11-18(16)29-20(22)23)26-13-17-14-28-19(27-17)15-8-4-3-5-9-15;/h3-11,14,20H,2,12-13H2,1H3,(H2,24,25,26);1H. The fourth-order valence-electron chi connectivity index (χ4n) is 2.63. The quantitative estimate of drug-likeness (QED) is 0.250. The Labute approximate surface area is 190 Å². The van der Waals surface area contributed by atoms with Gasteiger partial charge in [-0.15, -0.1) is 24.0 Å². The Bertz CT molecular complexity index is 936. The Kier molecular flexibility index (Phi) is 9.52. The number of hydrogen-bond acceptors (Lipinski definition) is 4. The van der Waals surface area contributed by atoms with Crippen LogP contribution in [0, 0.1) is 0 Å². The summed E-state index contributed by atoms with van der Waals surface area (Å²) < 4.78 is 35.2. The molecule has 0 aliphatic rings. The number of ether oxygens (including phenoxy) is 1. The Morgan fingerprint density at radius 1 is 1.10 bits per heavy atom. The smallest absolute Gasteiger partial charge is 0.387 e. The second-order valence-corrected chi connectivity index (χ2v) is 6.04. The number of nitrogens with one attached hydrogen (secondary N) is 2. The molecule has 1 heterocycles. The van der Waals surface area contributed by atoms with Crippen molar-refractivity contribution in [2.45, 2.75) is 26.6 Å². The monoisotopic (exact) mass is 528 g/mol. The van der Waals surface area contributed by atoms with Gasteiger partial charge in [-0.25, -0.2) is 9.98 Å². The summed E-state index contributed by atoms with van der Waals surface area (Å²) in [6.07, 6.45) is 1.59. The number of nitrogens with zero attached hydrogens (tertiary/aromatic N) is 2. The lowest BCUT2D eigenvalue weighted by Gasteiger charge is -2.12. The minimum absolute atomic E-state index is 0. The van der Waals surface area contributed by atoms with Crippen molar-refractivity contribution in [1.29, 1.82) is 0 Å². The first-order valence-corrected chi connectivity index (χ1v) is 9.20. The fraction of sp³-hybridized carbons (Fsp3) is 0.238. The predicted molar refractivity (Wildman–Crippen MR) is 122 cm³/mol. The van der Waals surface area contributed by atoms with Gasteiger partial charge in [0.2, 0.25) is 5.89 Å². The summed E-state index contributed by atoms with van der Waals surface area (Å²) in [5, 5.41) is 6.27. The summed E-state index contributed by atoms with van der Waals surface area (Å²) in [5.41, 5.74) is 2.18. The molecule has 0 saturated carbocycles. The van der Waals surface area contributed by atoms with E-state index < -0.39 is 6.61 Å². The normalized spacial score (nSPS) is 11.1. The van der Waals surface area contributed by atoms with Crippen LogP contribution in [0.4, 0.5) is 8.78 Å². The zero-order valence-corrected chi connectivity index (χ0v) is 18.7. The van der Waals surface area contributed by atoms with Crippen LogP contribution in [0.3, 0.4) is 0 Å². The van der Waals surface area contributed by atoms with E-state index in [2.05, 4.69) is 25.3 Å². The SMILES string of the molecule is CCNC(=NCc1ccccc1OC(F)F)NCc1coc(-c2ccccc2)n1.I. The van der Waals surface area contributed by atoms with Crippen molar-refractivity contribution in [1.82, 2.24) is 15.6 Å². The zero-order chi connectivity index (χ0) is 20.5. The molecule has 9 heteroatoms. The van der Waals surface area contributed by atoms with Crippen LogP contribution in [0.2, 0.25) is 0 Å². The lowest BCUT2D eigenvalue weighted by atomic mass is 10.2. The van der Waals surface area contributed by atoms with Crippen molar-refractivity contribution in [2.24, 2.45) is 4.99 Å². The zero-order valence-electron chi connectivity index (χ0n) is 16.3. The van der Waals surface area contributed by atoms with Crippen LogP contribution in [-0.2, 0) is 13.1 Å². The lowest BCUT2D eigenvalue weighted by Crippen LogP contribution is -2.36. The summed E-state index contributed by atoms with van der Waals surface area (Å²) in [7, 11) is 0. The number of oxazole rings is 1. The number of rotatable bonds is 8. The van der Waals surface area contributed by atoms with Crippen LogP contribution in [0.5, 0.6) is 5.75 Å². The van der Waals surface area contributed by atoms with E-state index in [-0.39, 0.29) is 36.3 Å². The molecule has 0 saturated heterocycles. The minimum Gasteiger partial charge on any atom is -0.444 e. The number of alkyl halides is 2. The van der Waals surface area contributed by atoms with E-state index in [1.54, 1.807) is 24.5 Å². The second-order valence-electron chi connectivity index (χ2n) is 6.04. The van der Waals surface area contributed by atoms with Crippen molar-refractivity contribution >= 4 is 29.9 Å². The van der Waals surface area contributed by atoms with Crippen LogP contribution >= 0.6 is 24.0 Å². The van der Waals surface area contributed by atoms with E-state index in [1.807, 2.05) is 37.3 Å². The highest BCUT2D eigenvalue weighted by Crippen LogP contribution is 2.21. The molecule has 0 amide bonds. The Hall–Kier alpha value is -2.69. The highest BCUT2D eigenvalue weighted by Gasteiger charge is 2.10. The van der Waals surface area contributed by atoms with E-state index in [1.165, 1.54) is 6.07 Å². The topological polar surface area (TPSA) is 71.7 Å². The van der Waals surface area contributed by atoms with E-state index in [4.69, 9.17) is 4.42 Å². The third kappa shape index (κ3) is 6.97. The predicted octanol–water partition coefficient (Wildman–Crippen LogP) is 4.82. The third-order valence-corrected chi connectivity index (χ3v) is 3.95. The van der Waals surface area contributed by atoms with Gasteiger partial charge in [-0.05, 0) is 25.1 Å². The number of guanidine groups is 1. The summed E-state index contributed by atoms with van der Waals surface area (Å²) in [5.74, 6) is 1.19. The molecule has 0 spiro atoms. The van der Waals surface area contributed by atoms with Crippen LogP contribution in [-0.4, -0.2) is 24.1 Å². The van der Waals surface area contributed by atoms with Crippen molar-refractivity contribution in [2.75, 3.05) is 6.54 Å². The lowest BCUT2D eigenvalue weighted by molar-refractivity contribution is -0.0504. The Balaban J connectivity index is 0.00000320. The van der Waals surface area contributed by atoms with Crippen molar-refractivity contribution in [3.63, 3.8) is 0 Å². The number of hydrogen-bond donors (Lipinski definition) is 2. The van der Waals surface area contributed by atoms with E-state index in [0.717, 1.165) is 11.3 Å². The first-order valence-electron chi connectivity index (χ1n) is 9.20. The average Bonchev–Trinajstić information content (AvgIpc) is 3.20. The maximum absolute atomic E-state index is 12.6. The van der Waals surface area contributed by atoms with Crippen LogP contribution in [0.1, 0.15) is 18.2 Å². The summed E-state index contributed by atoms with van der Waals surface area (Å²) in [6.45, 7) is 0.297. The fourth-order valence-corrected chi connectivity index (χ4v) is 2.63. The molecule has 0 unspecified atom stereocenters. The van der Waals surface area contributed by atoms with Crippen LogP contribution < -0.4 is 15.4 Å². The maximum atomic E-state index is 12.6. The van der Waals surface area contributed by atoms with E-state index in [0.29, 0.717) is 30.5 Å². The van der Waals surface area contributed by atoms with Gasteiger partial charge in [-0.1, -0.05) is 36.4 Å². The molecule has 30 heavy (non-hydrogen) atoms. The van der Waals surface area contributed by atoms with Crippen molar-refractivity contribution in [3.05, 3.63) is 72.1 Å². The van der Waals surface area contributed by atoms with Crippen molar-refractivity contribution in [3.8, 4) is 17.2 Å². The van der Waals surface area contributed by atoms with Crippen LogP contribution in [0.15, 0.2) is 70.3 Å². The highest BCUT2D eigenvalue weighted by molar-refractivity contribution is 14.0. The molecule has 0 fully saturated rings. The van der Waals surface area contributed by atoms with Crippen molar-refractivity contribution < 1.29 is 17.9 Å². The number of para-hydroxylation sites is 1. The average molecular weight is 528 g/mol. The van der Waals surface area contributed by atoms with Gasteiger partial charge < -0.3 is 19.8 Å². The number of aliphatic imine (C=N–C) groups is 1. The third-order valence-electron chi connectivity index (χ3n) is 3.95. The molecule has 0 aliphatic heterocycles. The number of aromatic nitrogens is 1. The Morgan fingerprint density at radius 3 is 2.57 bits per heavy atom. The van der Waals surface area contributed by atoms with E-state index in [9.17, 15) is 8.78 Å². The first-order chi connectivity index (χ1) is 14.2. The van der Waals surface area contributed by atoms with Gasteiger partial charge in [-0.2, -0.15) is 8.78 Å². The molecule has 0 aliphatic carbocycles. The number of benzene rings is 2. The summed E-state index contributed by atoms with van der Waals surface area (Å²) >= 11 is 0. The number of halogens is 3. The van der Waals surface area contributed by atoms with Gasteiger partial charge in [0.05, 0.1) is 18.8 Å². The molecule has 3 rings (SSSR count). The van der Waals surface area contributed by atoms with Gasteiger partial charge >= 0.3 is 6.61 Å². The molecule has 2 N–H and O–H groups in total. The molecule has 0 radical (unpaired) electrons. The van der Waals surface area contributed by atoms with Gasteiger partial charge in [0.25, 0.3) is 0 Å². The molecule has 160 valence electrons. The molecular weight excluding hydrogens is 505 g/mol. The summed E-state index contributed by atoms with van der Waals surface area (Å²) in [6, 6.07) is 16.2. The molecule has 0 atom stereocenters.